The minimum absolute atomic E-state index is 0.412. The number of benzene rings is 1. The Morgan fingerprint density at radius 1 is 1.26 bits per heavy atom. The quantitative estimate of drug-likeness (QED) is 0.456. The van der Waals surface area contributed by atoms with Crippen LogP contribution in [0.25, 0.3) is 0 Å². The topological polar surface area (TPSA) is 90.6 Å². The van der Waals surface area contributed by atoms with Crippen LogP contribution in [0.1, 0.15) is 0 Å². The van der Waals surface area contributed by atoms with Crippen molar-refractivity contribution in [2.75, 3.05) is 11.9 Å². The van der Waals surface area contributed by atoms with Gasteiger partial charge in [-0.3, -0.25) is 4.79 Å². The predicted octanol–water partition coefficient (Wildman–Crippen LogP) is 1.16. The highest BCUT2D eigenvalue weighted by molar-refractivity contribution is 6.02. The maximum absolute atomic E-state index is 11.4. The van der Waals surface area contributed by atoms with Crippen molar-refractivity contribution in [1.29, 1.82) is 0 Å². The molecule has 1 aromatic carbocycles. The Bertz CT molecular complexity index is 480. The lowest BCUT2D eigenvalue weighted by Crippen LogP contribution is -2.11. The largest absolute Gasteiger partial charge is 0.490 e. The number of ether oxygens (including phenoxy) is 1. The molecule has 0 fully saturated rings. The maximum atomic E-state index is 11.4. The fourth-order valence-corrected chi connectivity index (χ4v) is 1.16. The summed E-state index contributed by atoms with van der Waals surface area (Å²) in [6.07, 6.45) is 3.59. The number of hydrogen-bond donors (Lipinski definition) is 2. The van der Waals surface area contributed by atoms with Gasteiger partial charge in [-0.15, -0.1) is 0 Å². The lowest BCUT2D eigenvalue weighted by atomic mass is 10.3. The van der Waals surface area contributed by atoms with Crippen LogP contribution in [0.2, 0.25) is 0 Å². The first-order valence-corrected chi connectivity index (χ1v) is 5.39. The Balaban J connectivity index is 2.53. The van der Waals surface area contributed by atoms with Gasteiger partial charge >= 0.3 is 5.97 Å². The molecule has 0 radical (unpaired) electrons. The van der Waals surface area contributed by atoms with E-state index in [1.807, 2.05) is 0 Å². The lowest BCUT2D eigenvalue weighted by molar-refractivity contribution is -0.138. The molecular formula is C13H14N2O4. The molecule has 0 atom stereocenters. The van der Waals surface area contributed by atoms with Crippen molar-refractivity contribution in [3.05, 3.63) is 49.1 Å². The van der Waals surface area contributed by atoms with Gasteiger partial charge in [0.25, 0.3) is 0 Å². The number of hydrogen-bond acceptors (Lipinski definition) is 5. The molecule has 0 saturated carbocycles. The number of nitrogens with two attached hydrogens (primary N) is 1. The third-order valence-electron chi connectivity index (χ3n) is 1.98. The predicted molar refractivity (Wildman–Crippen MR) is 70.2 cm³/mol. The van der Waals surface area contributed by atoms with Gasteiger partial charge in [-0.1, -0.05) is 12.7 Å². The van der Waals surface area contributed by atoms with E-state index in [1.165, 1.54) is 0 Å². The summed E-state index contributed by atoms with van der Waals surface area (Å²) >= 11 is 0. The average molecular weight is 262 g/mol. The Hall–Kier alpha value is -2.60. The van der Waals surface area contributed by atoms with E-state index in [1.54, 1.807) is 30.3 Å². The summed E-state index contributed by atoms with van der Waals surface area (Å²) in [4.78, 5) is 25.9. The van der Waals surface area contributed by atoms with Gasteiger partial charge in [0.1, 0.15) is 12.4 Å². The fourth-order valence-electron chi connectivity index (χ4n) is 1.16. The Morgan fingerprint density at radius 2 is 1.95 bits per heavy atom. The van der Waals surface area contributed by atoms with E-state index in [0.717, 1.165) is 12.2 Å². The Morgan fingerprint density at radius 3 is 2.53 bits per heavy atom. The zero-order valence-electron chi connectivity index (χ0n) is 10.2. The minimum Gasteiger partial charge on any atom is -0.490 e. The zero-order chi connectivity index (χ0) is 14.1. The van der Waals surface area contributed by atoms with Crippen LogP contribution in [0.15, 0.2) is 49.1 Å². The summed E-state index contributed by atoms with van der Waals surface area (Å²) in [5.41, 5.74) is 0.571. The van der Waals surface area contributed by atoms with Crippen LogP contribution in [0.4, 0.5) is 5.69 Å². The molecule has 100 valence electrons. The Labute approximate surface area is 110 Å². The molecule has 3 N–H and O–H groups in total. The monoisotopic (exact) mass is 262 g/mol. The molecule has 0 spiro atoms. The summed E-state index contributed by atoms with van der Waals surface area (Å²) < 4.78 is 5.29. The van der Waals surface area contributed by atoms with Crippen molar-refractivity contribution in [2.45, 2.75) is 0 Å². The lowest BCUT2D eigenvalue weighted by Gasteiger charge is -2.05. The van der Waals surface area contributed by atoms with E-state index in [4.69, 9.17) is 4.74 Å². The number of carbonyl (C=O) groups excluding carboxylic acids is 2. The number of nitrogens with one attached hydrogen (secondary N) is 1. The van der Waals surface area contributed by atoms with E-state index in [2.05, 4.69) is 22.6 Å². The van der Waals surface area contributed by atoms with E-state index >= 15 is 0 Å². The van der Waals surface area contributed by atoms with Gasteiger partial charge < -0.3 is 14.9 Å². The second-order valence-corrected chi connectivity index (χ2v) is 3.38. The van der Waals surface area contributed by atoms with E-state index in [0.29, 0.717) is 18.0 Å². The molecule has 1 rings (SSSR count). The molecular weight excluding hydrogens is 248 g/mol. The summed E-state index contributed by atoms with van der Waals surface area (Å²) in [5, 5.41) is 2.55. The number of amides is 1. The summed E-state index contributed by atoms with van der Waals surface area (Å²) in [6, 6.07) is 6.75. The Kier molecular flexibility index (Phi) is 5.84. The van der Waals surface area contributed by atoms with Crippen LogP contribution >= 0.6 is 0 Å². The van der Waals surface area contributed by atoms with Gasteiger partial charge in [0.15, 0.2) is 0 Å². The van der Waals surface area contributed by atoms with Crippen LogP contribution in [-0.4, -0.2) is 18.5 Å². The first-order chi connectivity index (χ1) is 9.15. The molecule has 0 bridgehead atoms. The molecule has 6 nitrogen and oxygen atoms in total. The van der Waals surface area contributed by atoms with Gasteiger partial charge in [0, 0.05) is 17.8 Å². The van der Waals surface area contributed by atoms with Crippen molar-refractivity contribution >= 4 is 17.6 Å². The van der Waals surface area contributed by atoms with E-state index < -0.39 is 11.9 Å². The third-order valence-corrected chi connectivity index (χ3v) is 1.98. The van der Waals surface area contributed by atoms with Crippen molar-refractivity contribution in [3.63, 3.8) is 0 Å². The second kappa shape index (κ2) is 7.67. The highest BCUT2D eigenvalue weighted by atomic mass is 16.7. The van der Waals surface area contributed by atoms with Gasteiger partial charge in [0.05, 0.1) is 0 Å². The van der Waals surface area contributed by atoms with E-state index in [9.17, 15) is 9.59 Å². The second-order valence-electron chi connectivity index (χ2n) is 3.38. The number of rotatable bonds is 6. The molecule has 0 saturated heterocycles. The normalized spacial score (nSPS) is 9.95. The molecule has 0 aliphatic heterocycles. The van der Waals surface area contributed by atoms with Crippen molar-refractivity contribution in [1.82, 2.24) is 0 Å². The fraction of sp³-hybridized carbons (Fsp3) is 0.0769. The smallest absolute Gasteiger partial charge is 0.349 e. The standard InChI is InChI=1S/C13H14N2O4/c1-2-9-18-11-5-3-10(4-6-11)15-12(16)7-8-13(17)19-14/h2-8H,1,9,14H2,(H,15,16)/b8-7-. The van der Waals surface area contributed by atoms with Crippen LogP contribution in [-0.2, 0) is 14.4 Å². The third kappa shape index (κ3) is 5.51. The maximum Gasteiger partial charge on any atom is 0.349 e. The molecule has 0 unspecified atom stereocenters. The van der Waals surface area contributed by atoms with Crippen LogP contribution in [0.3, 0.4) is 0 Å². The number of anilines is 1. The molecule has 0 aliphatic carbocycles. The van der Waals surface area contributed by atoms with Gasteiger partial charge in [-0.25, -0.2) is 4.79 Å². The number of carbonyl (C=O) groups is 2. The first-order valence-electron chi connectivity index (χ1n) is 5.39. The molecule has 6 heteroatoms. The van der Waals surface area contributed by atoms with Crippen molar-refractivity contribution in [3.8, 4) is 5.75 Å². The van der Waals surface area contributed by atoms with Gasteiger partial charge in [-0.05, 0) is 24.3 Å². The molecule has 19 heavy (non-hydrogen) atoms. The summed E-state index contributed by atoms with van der Waals surface area (Å²) in [5.74, 6) is 4.01. The molecule has 0 aliphatic rings. The van der Waals surface area contributed by atoms with Gasteiger partial charge in [-0.2, -0.15) is 5.90 Å². The van der Waals surface area contributed by atoms with Crippen LogP contribution in [0.5, 0.6) is 5.75 Å². The summed E-state index contributed by atoms with van der Waals surface area (Å²) in [7, 11) is 0. The highest BCUT2D eigenvalue weighted by Gasteiger charge is 2.00. The van der Waals surface area contributed by atoms with Gasteiger partial charge in [0.2, 0.25) is 5.91 Å². The van der Waals surface area contributed by atoms with Crippen molar-refractivity contribution in [2.24, 2.45) is 5.90 Å². The van der Waals surface area contributed by atoms with Crippen LogP contribution in [0, 0.1) is 0 Å². The van der Waals surface area contributed by atoms with Crippen LogP contribution < -0.4 is 16.0 Å². The molecule has 1 aromatic rings. The summed E-state index contributed by atoms with van der Waals surface area (Å²) in [6.45, 7) is 3.95. The molecule has 0 heterocycles. The minimum atomic E-state index is -0.802. The SMILES string of the molecule is C=CCOc1ccc(NC(=O)/C=C\C(=O)ON)cc1. The first kappa shape index (κ1) is 14.5. The zero-order valence-corrected chi connectivity index (χ0v) is 10.2. The molecule has 0 aromatic heterocycles. The molecule has 1 amide bonds. The van der Waals surface area contributed by atoms with E-state index in [-0.39, 0.29) is 0 Å². The van der Waals surface area contributed by atoms with Crippen molar-refractivity contribution < 1.29 is 19.2 Å². The highest BCUT2D eigenvalue weighted by Crippen LogP contribution is 2.15. The average Bonchev–Trinajstić information content (AvgIpc) is 2.44.